The number of nitrogens with zero attached hydrogens (tertiary/aromatic N) is 1. The lowest BCUT2D eigenvalue weighted by Gasteiger charge is -2.36. The summed E-state index contributed by atoms with van der Waals surface area (Å²) in [5, 5.41) is 0. The molecule has 0 bridgehead atoms. The Bertz CT molecular complexity index is 218. The van der Waals surface area contributed by atoms with E-state index in [9.17, 15) is 4.79 Å². The predicted molar refractivity (Wildman–Crippen MR) is 62.4 cm³/mol. The summed E-state index contributed by atoms with van der Waals surface area (Å²) >= 11 is 0. The topological polar surface area (TPSA) is 46.3 Å². The lowest BCUT2D eigenvalue weighted by molar-refractivity contribution is -0.141. The maximum absolute atomic E-state index is 12.1. The number of piperidine rings is 1. The second kappa shape index (κ2) is 4.97. The average molecular weight is 212 g/mol. The van der Waals surface area contributed by atoms with Crippen molar-refractivity contribution in [3.8, 4) is 0 Å². The quantitative estimate of drug-likeness (QED) is 0.772. The van der Waals surface area contributed by atoms with Crippen molar-refractivity contribution >= 4 is 5.91 Å². The highest BCUT2D eigenvalue weighted by atomic mass is 16.2. The monoisotopic (exact) mass is 212 g/mol. The van der Waals surface area contributed by atoms with Crippen molar-refractivity contribution in [2.75, 3.05) is 19.6 Å². The van der Waals surface area contributed by atoms with Crippen LogP contribution in [0.1, 0.15) is 40.0 Å². The number of hydrogen-bond donors (Lipinski definition) is 1. The molecule has 88 valence electrons. The van der Waals surface area contributed by atoms with Gasteiger partial charge in [0.05, 0.1) is 5.41 Å². The van der Waals surface area contributed by atoms with Gasteiger partial charge in [-0.1, -0.05) is 13.3 Å². The van der Waals surface area contributed by atoms with Gasteiger partial charge in [-0.3, -0.25) is 4.79 Å². The van der Waals surface area contributed by atoms with Gasteiger partial charge in [-0.15, -0.1) is 0 Å². The molecule has 0 spiro atoms. The summed E-state index contributed by atoms with van der Waals surface area (Å²) in [5.41, 5.74) is 5.23. The predicted octanol–water partition coefficient (Wildman–Crippen LogP) is 1.62. The SMILES string of the molecule is CCC1CCN(C(=O)C(C)(C)CN)CC1. The van der Waals surface area contributed by atoms with E-state index >= 15 is 0 Å². The zero-order chi connectivity index (χ0) is 11.5. The third-order valence-electron chi connectivity index (χ3n) is 3.57. The minimum absolute atomic E-state index is 0.222. The van der Waals surface area contributed by atoms with Crippen molar-refractivity contribution in [1.82, 2.24) is 4.90 Å². The van der Waals surface area contributed by atoms with Gasteiger partial charge in [0.15, 0.2) is 0 Å². The van der Waals surface area contributed by atoms with Crippen molar-refractivity contribution in [1.29, 1.82) is 0 Å². The Kier molecular flexibility index (Phi) is 4.14. The summed E-state index contributed by atoms with van der Waals surface area (Å²) < 4.78 is 0. The molecule has 1 aliphatic heterocycles. The lowest BCUT2D eigenvalue weighted by Crippen LogP contribution is -2.47. The van der Waals surface area contributed by atoms with Gasteiger partial charge in [0.1, 0.15) is 0 Å². The maximum atomic E-state index is 12.1. The third-order valence-corrected chi connectivity index (χ3v) is 3.57. The second-order valence-electron chi connectivity index (χ2n) is 5.23. The van der Waals surface area contributed by atoms with E-state index in [1.807, 2.05) is 18.7 Å². The van der Waals surface area contributed by atoms with Crippen LogP contribution in [0.4, 0.5) is 0 Å². The molecule has 1 aliphatic rings. The fourth-order valence-electron chi connectivity index (χ4n) is 2.06. The summed E-state index contributed by atoms with van der Waals surface area (Å²) in [6.45, 7) is 8.36. The molecule has 0 aliphatic carbocycles. The molecule has 0 atom stereocenters. The van der Waals surface area contributed by atoms with Gasteiger partial charge in [-0.25, -0.2) is 0 Å². The van der Waals surface area contributed by atoms with Crippen LogP contribution in [0.3, 0.4) is 0 Å². The lowest BCUT2D eigenvalue weighted by atomic mass is 9.88. The molecule has 15 heavy (non-hydrogen) atoms. The minimum Gasteiger partial charge on any atom is -0.342 e. The molecule has 0 aromatic carbocycles. The highest BCUT2D eigenvalue weighted by molar-refractivity contribution is 5.82. The Morgan fingerprint density at radius 3 is 2.33 bits per heavy atom. The molecule has 1 saturated heterocycles. The standard InChI is InChI=1S/C12H24N2O/c1-4-10-5-7-14(8-6-10)11(15)12(2,3)9-13/h10H,4-9,13H2,1-3H3. The highest BCUT2D eigenvalue weighted by Gasteiger charge is 2.32. The molecular weight excluding hydrogens is 188 g/mol. The van der Waals surface area contributed by atoms with E-state index in [1.54, 1.807) is 0 Å². The molecule has 0 aromatic rings. The smallest absolute Gasteiger partial charge is 0.229 e. The summed E-state index contributed by atoms with van der Waals surface area (Å²) in [6.07, 6.45) is 3.55. The Balaban J connectivity index is 2.50. The maximum Gasteiger partial charge on any atom is 0.229 e. The summed E-state index contributed by atoms with van der Waals surface area (Å²) in [4.78, 5) is 14.1. The van der Waals surface area contributed by atoms with Crippen LogP contribution in [0.15, 0.2) is 0 Å². The van der Waals surface area contributed by atoms with Gasteiger partial charge in [0.2, 0.25) is 5.91 Å². The van der Waals surface area contributed by atoms with Crippen LogP contribution in [-0.4, -0.2) is 30.4 Å². The second-order valence-corrected chi connectivity index (χ2v) is 5.23. The minimum atomic E-state index is -0.390. The van der Waals surface area contributed by atoms with Gasteiger partial charge >= 0.3 is 0 Å². The molecule has 1 rings (SSSR count). The number of hydrogen-bond acceptors (Lipinski definition) is 2. The van der Waals surface area contributed by atoms with E-state index in [0.29, 0.717) is 6.54 Å². The van der Waals surface area contributed by atoms with Crippen molar-refractivity contribution in [2.45, 2.75) is 40.0 Å². The molecule has 1 heterocycles. The van der Waals surface area contributed by atoms with Gasteiger partial charge in [0.25, 0.3) is 0 Å². The van der Waals surface area contributed by atoms with Crippen LogP contribution < -0.4 is 5.73 Å². The van der Waals surface area contributed by atoms with E-state index in [0.717, 1.165) is 31.8 Å². The molecule has 3 heteroatoms. The largest absolute Gasteiger partial charge is 0.342 e. The van der Waals surface area contributed by atoms with Crippen molar-refractivity contribution in [3.63, 3.8) is 0 Å². The Hall–Kier alpha value is -0.570. The Labute approximate surface area is 93.0 Å². The fraction of sp³-hybridized carbons (Fsp3) is 0.917. The number of rotatable bonds is 3. The number of likely N-dealkylation sites (tertiary alicyclic amines) is 1. The van der Waals surface area contributed by atoms with Crippen LogP contribution in [-0.2, 0) is 4.79 Å². The molecule has 0 aromatic heterocycles. The van der Waals surface area contributed by atoms with Crippen LogP contribution in [0.2, 0.25) is 0 Å². The van der Waals surface area contributed by atoms with Gasteiger partial charge in [0, 0.05) is 19.6 Å². The molecule has 0 radical (unpaired) electrons. The first-order valence-electron chi connectivity index (χ1n) is 6.00. The first kappa shape index (κ1) is 12.5. The molecular formula is C12H24N2O. The molecule has 2 N–H and O–H groups in total. The van der Waals surface area contributed by atoms with Crippen LogP contribution in [0.25, 0.3) is 0 Å². The molecule has 0 unspecified atom stereocenters. The number of carbonyl (C=O) groups is 1. The van der Waals surface area contributed by atoms with Gasteiger partial charge in [-0.05, 0) is 32.6 Å². The molecule has 3 nitrogen and oxygen atoms in total. The number of amides is 1. The number of carbonyl (C=O) groups excluding carboxylic acids is 1. The van der Waals surface area contributed by atoms with Gasteiger partial charge in [-0.2, -0.15) is 0 Å². The van der Waals surface area contributed by atoms with Gasteiger partial charge < -0.3 is 10.6 Å². The Morgan fingerprint density at radius 1 is 1.40 bits per heavy atom. The summed E-state index contributed by atoms with van der Waals surface area (Å²) in [5.74, 6) is 1.04. The van der Waals surface area contributed by atoms with E-state index in [1.165, 1.54) is 6.42 Å². The molecule has 0 saturated carbocycles. The van der Waals surface area contributed by atoms with Crippen molar-refractivity contribution in [2.24, 2.45) is 17.1 Å². The van der Waals surface area contributed by atoms with Crippen LogP contribution in [0.5, 0.6) is 0 Å². The van der Waals surface area contributed by atoms with Crippen LogP contribution in [0, 0.1) is 11.3 Å². The summed E-state index contributed by atoms with van der Waals surface area (Å²) in [7, 11) is 0. The number of nitrogens with two attached hydrogens (primary N) is 1. The van der Waals surface area contributed by atoms with Crippen molar-refractivity contribution in [3.05, 3.63) is 0 Å². The highest BCUT2D eigenvalue weighted by Crippen LogP contribution is 2.24. The first-order valence-corrected chi connectivity index (χ1v) is 6.00. The summed E-state index contributed by atoms with van der Waals surface area (Å²) in [6, 6.07) is 0. The fourth-order valence-corrected chi connectivity index (χ4v) is 2.06. The Morgan fingerprint density at radius 2 is 1.93 bits per heavy atom. The van der Waals surface area contributed by atoms with Crippen molar-refractivity contribution < 1.29 is 4.79 Å². The van der Waals surface area contributed by atoms with E-state index in [2.05, 4.69) is 6.92 Å². The zero-order valence-corrected chi connectivity index (χ0v) is 10.3. The third kappa shape index (κ3) is 2.94. The van der Waals surface area contributed by atoms with E-state index in [4.69, 9.17) is 5.73 Å². The molecule has 1 fully saturated rings. The normalized spacial score (nSPS) is 19.3. The average Bonchev–Trinajstić information content (AvgIpc) is 2.28. The first-order chi connectivity index (χ1) is 7.01. The van der Waals surface area contributed by atoms with Crippen LogP contribution >= 0.6 is 0 Å². The van der Waals surface area contributed by atoms with E-state index < -0.39 is 0 Å². The van der Waals surface area contributed by atoms with E-state index in [-0.39, 0.29) is 11.3 Å². The molecule has 1 amide bonds. The zero-order valence-electron chi connectivity index (χ0n) is 10.3.